The molecule has 1 fully saturated rings. The van der Waals surface area contributed by atoms with Crippen LogP contribution in [0.25, 0.3) is 0 Å². The predicted octanol–water partition coefficient (Wildman–Crippen LogP) is 2.82. The van der Waals surface area contributed by atoms with Crippen LogP contribution in [0.4, 0.5) is 0 Å². The number of hydrogen-bond acceptors (Lipinski definition) is 4. The van der Waals surface area contributed by atoms with E-state index in [9.17, 15) is 9.90 Å². The number of ether oxygens (including phenoxy) is 1. The first-order valence-corrected chi connectivity index (χ1v) is 7.85. The summed E-state index contributed by atoms with van der Waals surface area (Å²) in [6.45, 7) is 4.77. The molecule has 0 aromatic carbocycles. The lowest BCUT2D eigenvalue weighted by Crippen LogP contribution is -2.46. The largest absolute Gasteiger partial charge is 0.496 e. The van der Waals surface area contributed by atoms with Crippen LogP contribution in [0.1, 0.15) is 49.2 Å². The van der Waals surface area contributed by atoms with Crippen molar-refractivity contribution in [1.29, 1.82) is 0 Å². The van der Waals surface area contributed by atoms with Gasteiger partial charge in [-0.15, -0.1) is 11.3 Å². The van der Waals surface area contributed by atoms with E-state index >= 15 is 0 Å². The molecule has 1 aromatic heterocycles. The number of nitrogens with one attached hydrogen (secondary N) is 1. The molecule has 4 nitrogen and oxygen atoms in total. The Morgan fingerprint density at radius 2 is 2.05 bits per heavy atom. The van der Waals surface area contributed by atoms with Crippen molar-refractivity contribution in [2.75, 3.05) is 13.7 Å². The van der Waals surface area contributed by atoms with Crippen LogP contribution in [0, 0.1) is 5.41 Å². The van der Waals surface area contributed by atoms with E-state index in [1.165, 1.54) is 11.3 Å². The summed E-state index contributed by atoms with van der Waals surface area (Å²) in [5, 5.41) is 15.2. The van der Waals surface area contributed by atoms with Gasteiger partial charge in [0, 0.05) is 18.0 Å². The van der Waals surface area contributed by atoms with Gasteiger partial charge >= 0.3 is 0 Å². The number of hydrogen-bond donors (Lipinski definition) is 2. The second-order valence-corrected chi connectivity index (χ2v) is 7.33. The van der Waals surface area contributed by atoms with Crippen molar-refractivity contribution in [3.63, 3.8) is 0 Å². The monoisotopic (exact) mass is 297 g/mol. The van der Waals surface area contributed by atoms with E-state index in [1.807, 2.05) is 0 Å². The average Bonchev–Trinajstić information content (AvgIpc) is 2.89. The molecular weight excluding hydrogens is 274 g/mol. The summed E-state index contributed by atoms with van der Waals surface area (Å²) in [5.74, 6) is 0.551. The molecule has 1 aliphatic carbocycles. The molecule has 0 radical (unpaired) electrons. The van der Waals surface area contributed by atoms with Gasteiger partial charge in [-0.2, -0.15) is 0 Å². The summed E-state index contributed by atoms with van der Waals surface area (Å²) in [4.78, 5) is 12.6. The second kappa shape index (κ2) is 5.74. The van der Waals surface area contributed by atoms with Crippen LogP contribution >= 0.6 is 11.3 Å². The summed E-state index contributed by atoms with van der Waals surface area (Å²) in [7, 11) is 1.58. The zero-order valence-electron chi connectivity index (χ0n) is 12.4. The molecule has 0 aliphatic heterocycles. The van der Waals surface area contributed by atoms with E-state index in [4.69, 9.17) is 4.74 Å². The number of aliphatic hydroxyl groups is 1. The number of methoxy groups -OCH3 is 1. The molecule has 2 N–H and O–H groups in total. The average molecular weight is 297 g/mol. The van der Waals surface area contributed by atoms with Crippen molar-refractivity contribution >= 4 is 17.2 Å². The van der Waals surface area contributed by atoms with Crippen molar-refractivity contribution in [3.05, 3.63) is 16.3 Å². The van der Waals surface area contributed by atoms with Crippen LogP contribution in [0.15, 0.2) is 11.4 Å². The van der Waals surface area contributed by atoms with Gasteiger partial charge < -0.3 is 15.2 Å². The first kappa shape index (κ1) is 15.3. The smallest absolute Gasteiger partial charge is 0.261 e. The van der Waals surface area contributed by atoms with Crippen molar-refractivity contribution in [2.24, 2.45) is 5.41 Å². The summed E-state index contributed by atoms with van der Waals surface area (Å²) in [5.41, 5.74) is -0.454. The SMILES string of the molecule is COc1csc(C(=O)NCC2(O)CCC(C)(C)CC2)c1. The molecule has 5 heteroatoms. The maximum Gasteiger partial charge on any atom is 0.261 e. The molecule has 1 aliphatic rings. The fourth-order valence-electron chi connectivity index (χ4n) is 2.45. The van der Waals surface area contributed by atoms with Crippen LogP contribution in [-0.2, 0) is 0 Å². The Bertz CT molecular complexity index is 471. The highest BCUT2D eigenvalue weighted by Crippen LogP contribution is 2.39. The Hall–Kier alpha value is -1.07. The van der Waals surface area contributed by atoms with Gasteiger partial charge in [0.05, 0.1) is 17.6 Å². The Labute approximate surface area is 124 Å². The van der Waals surface area contributed by atoms with Gasteiger partial charge in [0.15, 0.2) is 0 Å². The van der Waals surface area contributed by atoms with Crippen molar-refractivity contribution in [1.82, 2.24) is 5.32 Å². The minimum atomic E-state index is -0.757. The van der Waals surface area contributed by atoms with Gasteiger partial charge in [-0.05, 0) is 31.1 Å². The lowest BCUT2D eigenvalue weighted by atomic mass is 9.71. The lowest BCUT2D eigenvalue weighted by Gasteiger charge is -2.40. The van der Waals surface area contributed by atoms with Gasteiger partial charge in [0.2, 0.25) is 0 Å². The van der Waals surface area contributed by atoms with Gasteiger partial charge in [-0.25, -0.2) is 0 Å². The third kappa shape index (κ3) is 3.73. The highest BCUT2D eigenvalue weighted by Gasteiger charge is 2.36. The van der Waals surface area contributed by atoms with Crippen LogP contribution < -0.4 is 10.1 Å². The molecule has 2 rings (SSSR count). The van der Waals surface area contributed by atoms with Crippen LogP contribution in [-0.4, -0.2) is 30.3 Å². The van der Waals surface area contributed by atoms with Crippen molar-refractivity contribution < 1.29 is 14.6 Å². The quantitative estimate of drug-likeness (QED) is 0.898. The molecule has 0 bridgehead atoms. The Balaban J connectivity index is 1.87. The predicted molar refractivity (Wildman–Crippen MR) is 80.4 cm³/mol. The first-order chi connectivity index (χ1) is 9.34. The minimum Gasteiger partial charge on any atom is -0.496 e. The van der Waals surface area contributed by atoms with Crippen LogP contribution in [0.2, 0.25) is 0 Å². The Kier molecular flexibility index (Phi) is 4.39. The van der Waals surface area contributed by atoms with Gasteiger partial charge in [0.1, 0.15) is 5.75 Å². The number of carbonyl (C=O) groups is 1. The second-order valence-electron chi connectivity index (χ2n) is 6.42. The van der Waals surface area contributed by atoms with Crippen molar-refractivity contribution in [2.45, 2.75) is 45.1 Å². The maximum absolute atomic E-state index is 12.0. The van der Waals surface area contributed by atoms with E-state index in [0.717, 1.165) is 25.7 Å². The molecule has 20 heavy (non-hydrogen) atoms. The molecule has 0 saturated heterocycles. The molecule has 1 amide bonds. The number of carbonyl (C=O) groups excluding carboxylic acids is 1. The lowest BCUT2D eigenvalue weighted by molar-refractivity contribution is -0.0232. The minimum absolute atomic E-state index is 0.142. The topological polar surface area (TPSA) is 58.6 Å². The molecular formula is C15H23NO3S. The standard InChI is InChI=1S/C15H23NO3S/c1-14(2)4-6-15(18,7-5-14)10-16-13(17)12-8-11(19-3)9-20-12/h8-9,18H,4-7,10H2,1-3H3,(H,16,17). The number of amides is 1. The van der Waals surface area contributed by atoms with Crippen LogP contribution in [0.3, 0.4) is 0 Å². The Morgan fingerprint density at radius 3 is 2.60 bits per heavy atom. The maximum atomic E-state index is 12.0. The zero-order valence-corrected chi connectivity index (χ0v) is 13.2. The molecule has 0 atom stereocenters. The fraction of sp³-hybridized carbons (Fsp3) is 0.667. The molecule has 1 heterocycles. The third-order valence-electron chi connectivity index (χ3n) is 4.15. The van der Waals surface area contributed by atoms with Gasteiger partial charge in [0.25, 0.3) is 5.91 Å². The van der Waals surface area contributed by atoms with E-state index in [0.29, 0.717) is 22.6 Å². The third-order valence-corrected chi connectivity index (χ3v) is 5.05. The molecule has 0 unspecified atom stereocenters. The van der Waals surface area contributed by atoms with E-state index in [-0.39, 0.29) is 5.91 Å². The molecule has 1 saturated carbocycles. The summed E-state index contributed by atoms with van der Waals surface area (Å²) >= 11 is 1.35. The number of thiophene rings is 1. The van der Waals surface area contributed by atoms with Crippen molar-refractivity contribution in [3.8, 4) is 5.75 Å². The van der Waals surface area contributed by atoms with E-state index < -0.39 is 5.60 Å². The normalized spacial score (nSPS) is 20.4. The van der Waals surface area contributed by atoms with Gasteiger partial charge in [-0.1, -0.05) is 13.8 Å². The van der Waals surface area contributed by atoms with E-state index in [2.05, 4.69) is 19.2 Å². The molecule has 1 aromatic rings. The van der Waals surface area contributed by atoms with Gasteiger partial charge in [-0.3, -0.25) is 4.79 Å². The number of rotatable bonds is 4. The molecule has 112 valence electrons. The fourth-order valence-corrected chi connectivity index (χ4v) is 3.22. The summed E-state index contributed by atoms with van der Waals surface area (Å²) < 4.78 is 5.06. The first-order valence-electron chi connectivity index (χ1n) is 6.97. The van der Waals surface area contributed by atoms with Crippen LogP contribution in [0.5, 0.6) is 5.75 Å². The molecule has 0 spiro atoms. The Morgan fingerprint density at radius 1 is 1.40 bits per heavy atom. The summed E-state index contributed by atoms with van der Waals surface area (Å²) in [6.07, 6.45) is 3.47. The highest BCUT2D eigenvalue weighted by atomic mass is 32.1. The zero-order chi connectivity index (χ0) is 14.8. The summed E-state index contributed by atoms with van der Waals surface area (Å²) in [6, 6.07) is 1.72. The highest BCUT2D eigenvalue weighted by molar-refractivity contribution is 7.12. The van der Waals surface area contributed by atoms with E-state index in [1.54, 1.807) is 18.6 Å².